The average Bonchev–Trinajstić information content (AvgIpc) is 2.40. The van der Waals surface area contributed by atoms with Crippen molar-refractivity contribution in [2.24, 2.45) is 5.73 Å². The monoisotopic (exact) mass is 445 g/mol. The highest BCUT2D eigenvalue weighted by atomic mass is 127. The number of halogens is 2. The summed E-state index contributed by atoms with van der Waals surface area (Å²) >= 11 is 5.83. The molecule has 0 amide bonds. The fourth-order valence-electron chi connectivity index (χ4n) is 2.08. The van der Waals surface area contributed by atoms with E-state index in [9.17, 15) is 0 Å². The molecular weight excluding hydrogens is 429 g/mol. The van der Waals surface area contributed by atoms with Gasteiger partial charge in [-0.05, 0) is 83.4 Å². The molecule has 20 heavy (non-hydrogen) atoms. The number of nitrogens with two attached hydrogens (primary N) is 1. The average molecular weight is 446 g/mol. The van der Waals surface area contributed by atoms with E-state index in [1.165, 1.54) is 9.13 Å². The minimum atomic E-state index is 0.580. The third-order valence-corrected chi connectivity index (χ3v) is 4.20. The molecule has 0 bridgehead atoms. The van der Waals surface area contributed by atoms with Crippen LogP contribution in [0.2, 0.25) is 0 Å². The van der Waals surface area contributed by atoms with Crippen LogP contribution in [-0.2, 0) is 13.0 Å². The summed E-state index contributed by atoms with van der Waals surface area (Å²) in [4.78, 5) is 0. The number of benzene rings is 2. The van der Waals surface area contributed by atoms with E-state index < -0.39 is 0 Å². The molecule has 4 heteroatoms. The molecule has 2 N–H and O–H groups in total. The van der Waals surface area contributed by atoms with Gasteiger partial charge in [0.2, 0.25) is 0 Å². The Balaban J connectivity index is 2.17. The van der Waals surface area contributed by atoms with Crippen molar-refractivity contribution in [1.29, 1.82) is 0 Å². The summed E-state index contributed by atoms with van der Waals surface area (Å²) in [6, 6.07) is 12.5. The van der Waals surface area contributed by atoms with E-state index >= 15 is 0 Å². The number of hydrogen-bond acceptors (Lipinski definition) is 2. The molecule has 0 atom stereocenters. The van der Waals surface area contributed by atoms with E-state index in [4.69, 9.17) is 10.5 Å². The lowest BCUT2D eigenvalue weighted by atomic mass is 10.1. The second-order valence-electron chi connectivity index (χ2n) is 4.66. The van der Waals surface area contributed by atoms with E-state index in [0.29, 0.717) is 13.2 Å². The quantitative estimate of drug-likeness (QED) is 0.690. The van der Waals surface area contributed by atoms with Gasteiger partial charge in [0.05, 0.1) is 0 Å². The Morgan fingerprint density at radius 1 is 1.20 bits per heavy atom. The van der Waals surface area contributed by atoms with Crippen molar-refractivity contribution in [1.82, 2.24) is 0 Å². The van der Waals surface area contributed by atoms with Crippen molar-refractivity contribution in [3.63, 3.8) is 0 Å². The molecule has 106 valence electrons. The third-order valence-electron chi connectivity index (χ3n) is 3.03. The smallest absolute Gasteiger partial charge is 0.126 e. The molecule has 0 spiro atoms. The second-order valence-corrected chi connectivity index (χ2v) is 6.83. The SMILES string of the molecule is Cc1cc(Br)cc(CCN)c1OCc1ccc(I)cc1. The van der Waals surface area contributed by atoms with Gasteiger partial charge < -0.3 is 10.5 Å². The zero-order chi connectivity index (χ0) is 14.5. The number of hydrogen-bond donors (Lipinski definition) is 1. The Kier molecular flexibility index (Phi) is 5.86. The normalized spacial score (nSPS) is 10.6. The maximum atomic E-state index is 6.02. The largest absolute Gasteiger partial charge is 0.488 e. The lowest BCUT2D eigenvalue weighted by molar-refractivity contribution is 0.301. The van der Waals surface area contributed by atoms with Crippen LogP contribution in [0, 0.1) is 10.5 Å². The first-order chi connectivity index (χ1) is 9.60. The van der Waals surface area contributed by atoms with E-state index in [1.54, 1.807) is 0 Å². The van der Waals surface area contributed by atoms with Crippen LogP contribution in [-0.4, -0.2) is 6.54 Å². The summed E-state index contributed by atoms with van der Waals surface area (Å²) in [6.07, 6.45) is 0.822. The molecule has 0 fully saturated rings. The summed E-state index contributed by atoms with van der Waals surface area (Å²) in [5.74, 6) is 0.956. The molecule has 2 nitrogen and oxygen atoms in total. The molecule has 0 unspecified atom stereocenters. The molecule has 0 saturated heterocycles. The Morgan fingerprint density at radius 2 is 1.90 bits per heavy atom. The molecule has 0 heterocycles. The highest BCUT2D eigenvalue weighted by Crippen LogP contribution is 2.29. The lowest BCUT2D eigenvalue weighted by Crippen LogP contribution is -2.06. The maximum absolute atomic E-state index is 6.02. The van der Waals surface area contributed by atoms with Gasteiger partial charge in [-0.3, -0.25) is 0 Å². The van der Waals surface area contributed by atoms with Crippen LogP contribution in [0.3, 0.4) is 0 Å². The fourth-order valence-corrected chi connectivity index (χ4v) is 3.06. The summed E-state index contributed by atoms with van der Waals surface area (Å²) in [7, 11) is 0. The number of rotatable bonds is 5. The highest BCUT2D eigenvalue weighted by molar-refractivity contribution is 14.1. The van der Waals surface area contributed by atoms with Crippen molar-refractivity contribution in [3.8, 4) is 5.75 Å². The Morgan fingerprint density at radius 3 is 2.55 bits per heavy atom. The summed E-state index contributed by atoms with van der Waals surface area (Å²) < 4.78 is 8.32. The zero-order valence-electron chi connectivity index (χ0n) is 11.3. The molecule has 0 aliphatic carbocycles. The van der Waals surface area contributed by atoms with Crippen LogP contribution in [0.25, 0.3) is 0 Å². The third kappa shape index (κ3) is 4.20. The lowest BCUT2D eigenvalue weighted by Gasteiger charge is -2.15. The van der Waals surface area contributed by atoms with E-state index in [-0.39, 0.29) is 0 Å². The number of aryl methyl sites for hydroxylation is 1. The van der Waals surface area contributed by atoms with Crippen molar-refractivity contribution in [2.75, 3.05) is 6.54 Å². The topological polar surface area (TPSA) is 35.2 Å². The Bertz CT molecular complexity index is 584. The fraction of sp³-hybridized carbons (Fsp3) is 0.250. The molecule has 0 aliphatic rings. The first-order valence-electron chi connectivity index (χ1n) is 6.46. The van der Waals surface area contributed by atoms with Gasteiger partial charge in [-0.1, -0.05) is 28.1 Å². The van der Waals surface area contributed by atoms with Crippen LogP contribution >= 0.6 is 38.5 Å². The minimum Gasteiger partial charge on any atom is -0.488 e. The summed E-state index contributed by atoms with van der Waals surface area (Å²) in [5, 5.41) is 0. The zero-order valence-corrected chi connectivity index (χ0v) is 15.1. The van der Waals surface area contributed by atoms with Gasteiger partial charge in [-0.15, -0.1) is 0 Å². The molecular formula is C16H17BrINO. The van der Waals surface area contributed by atoms with Crippen molar-refractivity contribution < 1.29 is 4.74 Å². The van der Waals surface area contributed by atoms with E-state index in [2.05, 4.69) is 81.8 Å². The Hall–Kier alpha value is -0.590. The predicted octanol–water partition coefficient (Wildman–Crippen LogP) is 4.44. The van der Waals surface area contributed by atoms with Crippen LogP contribution in [0.4, 0.5) is 0 Å². The molecule has 0 radical (unpaired) electrons. The van der Waals surface area contributed by atoms with Gasteiger partial charge in [0.15, 0.2) is 0 Å². The van der Waals surface area contributed by atoms with Gasteiger partial charge in [0.1, 0.15) is 12.4 Å². The second kappa shape index (κ2) is 7.43. The first-order valence-corrected chi connectivity index (χ1v) is 8.33. The molecule has 0 saturated carbocycles. The van der Waals surface area contributed by atoms with Gasteiger partial charge in [0.25, 0.3) is 0 Å². The molecule has 0 aromatic heterocycles. The minimum absolute atomic E-state index is 0.580. The highest BCUT2D eigenvalue weighted by Gasteiger charge is 2.09. The van der Waals surface area contributed by atoms with Crippen LogP contribution in [0.1, 0.15) is 16.7 Å². The summed E-state index contributed by atoms with van der Waals surface area (Å²) in [5.41, 5.74) is 9.14. The molecule has 2 rings (SSSR count). The molecule has 2 aromatic rings. The van der Waals surface area contributed by atoms with Crippen molar-refractivity contribution in [2.45, 2.75) is 20.0 Å². The van der Waals surface area contributed by atoms with Crippen LogP contribution in [0.5, 0.6) is 5.75 Å². The molecule has 0 aliphatic heterocycles. The van der Waals surface area contributed by atoms with Crippen molar-refractivity contribution in [3.05, 3.63) is 61.1 Å². The van der Waals surface area contributed by atoms with E-state index in [0.717, 1.165) is 27.8 Å². The standard InChI is InChI=1S/C16H17BrINO/c1-11-8-14(17)9-13(6-7-19)16(11)20-10-12-2-4-15(18)5-3-12/h2-5,8-9H,6-7,10,19H2,1H3. The van der Waals surface area contributed by atoms with Gasteiger partial charge in [0, 0.05) is 8.04 Å². The number of ether oxygens (including phenoxy) is 1. The van der Waals surface area contributed by atoms with Gasteiger partial charge >= 0.3 is 0 Å². The van der Waals surface area contributed by atoms with Crippen LogP contribution in [0.15, 0.2) is 40.9 Å². The van der Waals surface area contributed by atoms with E-state index in [1.807, 2.05) is 0 Å². The molecule has 2 aromatic carbocycles. The first kappa shape index (κ1) is 15.8. The van der Waals surface area contributed by atoms with Crippen LogP contribution < -0.4 is 10.5 Å². The van der Waals surface area contributed by atoms with Gasteiger partial charge in [-0.2, -0.15) is 0 Å². The Labute approximate surface area is 142 Å². The maximum Gasteiger partial charge on any atom is 0.126 e. The van der Waals surface area contributed by atoms with Crippen molar-refractivity contribution >= 4 is 38.5 Å². The van der Waals surface area contributed by atoms with Gasteiger partial charge in [-0.25, -0.2) is 0 Å². The summed E-state index contributed by atoms with van der Waals surface area (Å²) in [6.45, 7) is 3.26. The predicted molar refractivity (Wildman–Crippen MR) is 95.1 cm³/mol.